The van der Waals surface area contributed by atoms with Gasteiger partial charge in [-0.25, -0.2) is 18.2 Å². The summed E-state index contributed by atoms with van der Waals surface area (Å²) >= 11 is 0. The molecule has 5 atom stereocenters. The lowest BCUT2D eigenvalue weighted by molar-refractivity contribution is 0.107. The highest BCUT2D eigenvalue weighted by Crippen LogP contribution is 2.43. The van der Waals surface area contributed by atoms with Crippen LogP contribution in [0.3, 0.4) is 0 Å². The Kier molecular flexibility index (Phi) is 7.12. The zero-order valence-electron chi connectivity index (χ0n) is 25.5. The number of pyridine rings is 1. The molecule has 4 fully saturated rings. The van der Waals surface area contributed by atoms with Crippen LogP contribution in [0.15, 0.2) is 12.1 Å². The fourth-order valence-electron chi connectivity index (χ4n) is 8.40. The smallest absolute Gasteiger partial charge is 0.319 e. The Balaban J connectivity index is 1.33. The number of aliphatic hydroxyl groups excluding tert-OH is 1. The molecule has 7 heterocycles. The molecule has 2 N–H and O–H groups in total. The average molecular weight is 633 g/mol. The topological polar surface area (TPSA) is 95.9 Å². The van der Waals surface area contributed by atoms with Crippen LogP contribution in [0.5, 0.6) is 11.9 Å². The molecule has 9 nitrogen and oxygen atoms in total. The Bertz CT molecular complexity index is 1920. The predicted molar refractivity (Wildman–Crippen MR) is 166 cm³/mol. The number of hydrogen-bond donors (Lipinski definition) is 2. The third-order valence-corrected chi connectivity index (χ3v) is 10.5. The van der Waals surface area contributed by atoms with Gasteiger partial charge in [-0.3, -0.25) is 4.90 Å². The normalized spacial score (nSPS) is 29.3. The molecule has 5 aliphatic rings. The van der Waals surface area contributed by atoms with Crippen molar-refractivity contribution in [3.8, 4) is 24.2 Å². The largest absolute Gasteiger partial charge is 0.475 e. The van der Waals surface area contributed by atoms with E-state index in [1.165, 1.54) is 18.2 Å². The van der Waals surface area contributed by atoms with E-state index in [-0.39, 0.29) is 77.4 Å². The predicted octanol–water partition coefficient (Wildman–Crippen LogP) is 1.93. The number of hydrogen-bond acceptors (Lipinski definition) is 9. The summed E-state index contributed by atoms with van der Waals surface area (Å²) in [5, 5.41) is 14.4. The van der Waals surface area contributed by atoms with Gasteiger partial charge < -0.3 is 24.8 Å². The molecular weight excluding hydrogens is 597 g/mol. The van der Waals surface area contributed by atoms with Crippen LogP contribution in [0.2, 0.25) is 0 Å². The number of anilines is 1. The van der Waals surface area contributed by atoms with Crippen LogP contribution in [-0.2, 0) is 0 Å². The van der Waals surface area contributed by atoms with E-state index in [0.29, 0.717) is 35.9 Å². The van der Waals surface area contributed by atoms with Gasteiger partial charge >= 0.3 is 6.01 Å². The highest BCUT2D eigenvalue weighted by atomic mass is 19.1. The number of halogens is 3. The SMILES string of the molecule is C#Cc1c(F)ccc(=C/CO)/c1=C(\C)c1nc2c3c(nc(OC[C@@]45CCCN4C[C@H](F)C5)nc3c1F)N1C[C@@H]3CC[C@@H](N3)[C@@H]1CO2. The lowest BCUT2D eigenvalue weighted by atomic mass is 9.95. The maximum Gasteiger partial charge on any atom is 0.319 e. The van der Waals surface area contributed by atoms with Gasteiger partial charge in [0.05, 0.1) is 23.8 Å². The van der Waals surface area contributed by atoms with Gasteiger partial charge in [0.15, 0.2) is 5.82 Å². The minimum atomic E-state index is -0.920. The van der Waals surface area contributed by atoms with Gasteiger partial charge in [0, 0.05) is 36.8 Å². The highest BCUT2D eigenvalue weighted by molar-refractivity contribution is 5.96. The molecule has 0 radical (unpaired) electrons. The second-order valence-corrected chi connectivity index (χ2v) is 13.1. The molecule has 0 amide bonds. The maximum atomic E-state index is 16.9. The van der Waals surface area contributed by atoms with Gasteiger partial charge in [0.1, 0.15) is 47.6 Å². The minimum absolute atomic E-state index is 0.00147. The molecule has 5 aliphatic heterocycles. The second-order valence-electron chi connectivity index (χ2n) is 13.1. The van der Waals surface area contributed by atoms with Gasteiger partial charge in [-0.15, -0.1) is 6.42 Å². The molecule has 240 valence electrons. The Labute approximate surface area is 264 Å². The molecule has 12 heteroatoms. The monoisotopic (exact) mass is 632 g/mol. The van der Waals surface area contributed by atoms with Crippen LogP contribution in [0, 0.1) is 24.0 Å². The summed E-state index contributed by atoms with van der Waals surface area (Å²) in [6.45, 7) is 3.61. The van der Waals surface area contributed by atoms with Crippen molar-refractivity contribution in [1.29, 1.82) is 0 Å². The van der Waals surface area contributed by atoms with E-state index in [1.54, 1.807) is 6.92 Å². The third kappa shape index (κ3) is 4.54. The Hall–Kier alpha value is -3.92. The van der Waals surface area contributed by atoms with Crippen LogP contribution in [0.4, 0.5) is 19.0 Å². The van der Waals surface area contributed by atoms with Crippen molar-refractivity contribution in [2.75, 3.05) is 44.4 Å². The van der Waals surface area contributed by atoms with Crippen LogP contribution in [0.25, 0.3) is 22.6 Å². The van der Waals surface area contributed by atoms with Gasteiger partial charge in [-0.1, -0.05) is 18.1 Å². The first-order valence-corrected chi connectivity index (χ1v) is 16.0. The average Bonchev–Trinajstić information content (AvgIpc) is 3.68. The molecule has 1 aromatic carbocycles. The standard InChI is InChI=1S/C34H35F3N6O3/c1-3-22-23(36)7-5-19(9-12-44)26(22)18(2)29-28(37)30-27-31(43-15-21-6-8-24(38-21)25(43)16-45-32(27)39-29)41-33(40-30)46-17-34-10-4-11-42(34)14-20(35)13-34/h1,5,7,9,20-21,24-25,38,44H,4,6,8,10-17H2,2H3/b19-9-,26-18-/t20-,21+,24-,25+,34+/m1/s1. The number of nitrogens with one attached hydrogen (secondary N) is 1. The van der Waals surface area contributed by atoms with Crippen molar-refractivity contribution in [2.45, 2.75) is 68.9 Å². The minimum Gasteiger partial charge on any atom is -0.475 e. The molecule has 2 bridgehead atoms. The van der Waals surface area contributed by atoms with Crippen molar-refractivity contribution in [3.05, 3.63) is 45.5 Å². The molecule has 0 aliphatic carbocycles. The zero-order valence-corrected chi connectivity index (χ0v) is 25.5. The summed E-state index contributed by atoms with van der Waals surface area (Å²) in [5.74, 6) is 1.64. The van der Waals surface area contributed by atoms with E-state index < -0.39 is 23.3 Å². The van der Waals surface area contributed by atoms with Crippen molar-refractivity contribution in [1.82, 2.24) is 25.2 Å². The second kappa shape index (κ2) is 11.1. The molecule has 0 spiro atoms. The molecule has 8 rings (SSSR count). The van der Waals surface area contributed by atoms with Crippen molar-refractivity contribution >= 4 is 28.4 Å². The zero-order chi connectivity index (χ0) is 31.7. The van der Waals surface area contributed by atoms with Crippen molar-refractivity contribution in [2.24, 2.45) is 0 Å². The first-order chi connectivity index (χ1) is 22.3. The number of aliphatic hydroxyl groups is 1. The number of piperazine rings is 1. The summed E-state index contributed by atoms with van der Waals surface area (Å²) in [6, 6.07) is 3.04. The van der Waals surface area contributed by atoms with E-state index in [1.807, 2.05) is 0 Å². The third-order valence-electron chi connectivity index (χ3n) is 10.5. The summed E-state index contributed by atoms with van der Waals surface area (Å²) in [4.78, 5) is 18.4. The first-order valence-electron chi connectivity index (χ1n) is 16.0. The lowest BCUT2D eigenvalue weighted by Crippen LogP contribution is -2.60. The first kappa shape index (κ1) is 29.5. The van der Waals surface area contributed by atoms with E-state index in [0.717, 1.165) is 32.2 Å². The van der Waals surface area contributed by atoms with E-state index in [9.17, 15) is 13.9 Å². The summed E-state index contributed by atoms with van der Waals surface area (Å²) in [5.41, 5.74) is -0.387. The van der Waals surface area contributed by atoms with Gasteiger partial charge in [-0.05, 0) is 56.0 Å². The molecular formula is C34H35F3N6O3. The number of nitrogens with zero attached hydrogens (tertiary/aromatic N) is 5. The van der Waals surface area contributed by atoms with E-state index in [2.05, 4.69) is 31.0 Å². The molecule has 0 saturated carbocycles. The molecule has 0 unspecified atom stereocenters. The van der Waals surface area contributed by atoms with Crippen LogP contribution >= 0.6 is 0 Å². The highest BCUT2D eigenvalue weighted by Gasteiger charge is 2.50. The summed E-state index contributed by atoms with van der Waals surface area (Å²) < 4.78 is 59.0. The number of terminal acetylenes is 1. The maximum absolute atomic E-state index is 16.9. The number of benzene rings is 1. The Morgan fingerprint density at radius 3 is 2.96 bits per heavy atom. The van der Waals surface area contributed by atoms with Crippen LogP contribution in [-0.4, -0.2) is 94.2 Å². The lowest BCUT2D eigenvalue weighted by Gasteiger charge is -2.40. The van der Waals surface area contributed by atoms with Crippen LogP contribution in [0.1, 0.15) is 50.3 Å². The fraction of sp³-hybridized carbons (Fsp3) is 0.500. The van der Waals surface area contributed by atoms with Gasteiger partial charge in [0.2, 0.25) is 5.88 Å². The quantitative estimate of drug-likeness (QED) is 0.410. The van der Waals surface area contributed by atoms with E-state index in [4.69, 9.17) is 20.9 Å². The molecule has 3 aromatic rings. The fourth-order valence-corrected chi connectivity index (χ4v) is 8.40. The van der Waals surface area contributed by atoms with Crippen molar-refractivity contribution in [3.63, 3.8) is 0 Å². The van der Waals surface area contributed by atoms with Gasteiger partial charge in [0.25, 0.3) is 0 Å². The van der Waals surface area contributed by atoms with Crippen molar-refractivity contribution < 1.29 is 27.8 Å². The van der Waals surface area contributed by atoms with E-state index >= 15 is 4.39 Å². The number of ether oxygens (including phenoxy) is 2. The summed E-state index contributed by atoms with van der Waals surface area (Å²) in [7, 11) is 0. The molecule has 4 saturated heterocycles. The number of alkyl halides is 1. The molecule has 46 heavy (non-hydrogen) atoms. The number of aromatic nitrogens is 3. The van der Waals surface area contributed by atoms with Crippen LogP contribution < -0.4 is 30.1 Å². The molecule has 2 aromatic heterocycles. The number of rotatable bonds is 5. The Morgan fingerprint density at radius 2 is 2.13 bits per heavy atom. The number of fused-ring (bicyclic) bond motifs is 6. The Morgan fingerprint density at radius 1 is 1.26 bits per heavy atom. The van der Waals surface area contributed by atoms with Gasteiger partial charge in [-0.2, -0.15) is 9.97 Å². The summed E-state index contributed by atoms with van der Waals surface area (Å²) in [6.07, 6.45) is 10.4.